The van der Waals surface area contributed by atoms with Crippen LogP contribution in [-0.4, -0.2) is 24.2 Å². The van der Waals surface area contributed by atoms with Crippen LogP contribution in [0.4, 0.5) is 0 Å². The number of methoxy groups -OCH3 is 1. The zero-order chi connectivity index (χ0) is 17.2. The van der Waals surface area contributed by atoms with Gasteiger partial charge in [-0.2, -0.15) is 0 Å². The molecule has 0 fully saturated rings. The van der Waals surface area contributed by atoms with Gasteiger partial charge >= 0.3 is 11.9 Å². The number of ether oxygens (including phenoxy) is 1. The van der Waals surface area contributed by atoms with Gasteiger partial charge in [0.15, 0.2) is 0 Å². The van der Waals surface area contributed by atoms with Gasteiger partial charge in [0.2, 0.25) is 0 Å². The number of unbranched alkanes of at least 4 members (excludes halogenated alkanes) is 13. The number of esters is 1. The van der Waals surface area contributed by atoms with E-state index >= 15 is 0 Å². The van der Waals surface area contributed by atoms with Gasteiger partial charge in [0.05, 0.1) is 7.11 Å². The molecule has 0 aromatic rings. The molecule has 0 saturated carbocycles. The summed E-state index contributed by atoms with van der Waals surface area (Å²) >= 11 is 0. The average molecular weight is 328 g/mol. The molecular formula is C19H36O4. The van der Waals surface area contributed by atoms with Crippen molar-refractivity contribution in [3.63, 3.8) is 0 Å². The highest BCUT2D eigenvalue weighted by Crippen LogP contribution is 2.13. The largest absolute Gasteiger partial charge is 0.481 e. The van der Waals surface area contributed by atoms with Crippen LogP contribution in [-0.2, 0) is 14.3 Å². The lowest BCUT2D eigenvalue weighted by atomic mass is 10.0. The fourth-order valence-electron chi connectivity index (χ4n) is 2.77. The molecule has 0 rings (SSSR count). The van der Waals surface area contributed by atoms with E-state index in [2.05, 4.69) is 4.74 Å². The number of aliphatic carboxylic acids is 1. The van der Waals surface area contributed by atoms with E-state index in [-0.39, 0.29) is 5.97 Å². The normalized spacial score (nSPS) is 10.7. The SMILES string of the molecule is COC(=O)CCCCCCCCCCCCCCCCC(=O)O. The molecule has 0 atom stereocenters. The monoisotopic (exact) mass is 328 g/mol. The van der Waals surface area contributed by atoms with Crippen LogP contribution < -0.4 is 0 Å². The van der Waals surface area contributed by atoms with E-state index in [1.807, 2.05) is 0 Å². The second-order valence-electron chi connectivity index (χ2n) is 6.42. The van der Waals surface area contributed by atoms with Gasteiger partial charge < -0.3 is 9.84 Å². The summed E-state index contributed by atoms with van der Waals surface area (Å²) < 4.78 is 4.62. The van der Waals surface area contributed by atoms with Crippen molar-refractivity contribution in [3.8, 4) is 0 Å². The van der Waals surface area contributed by atoms with Crippen LogP contribution >= 0.6 is 0 Å². The third kappa shape index (κ3) is 18.9. The Labute approximate surface area is 142 Å². The van der Waals surface area contributed by atoms with Crippen molar-refractivity contribution < 1.29 is 19.4 Å². The molecule has 0 bridgehead atoms. The molecule has 4 heteroatoms. The Hall–Kier alpha value is -1.06. The number of hydrogen-bond acceptors (Lipinski definition) is 3. The number of carbonyl (C=O) groups excluding carboxylic acids is 1. The Kier molecular flexibility index (Phi) is 16.5. The molecular weight excluding hydrogens is 292 g/mol. The lowest BCUT2D eigenvalue weighted by molar-refractivity contribution is -0.141. The van der Waals surface area contributed by atoms with Crippen LogP contribution in [0.25, 0.3) is 0 Å². The van der Waals surface area contributed by atoms with Crippen LogP contribution in [0.1, 0.15) is 103 Å². The second-order valence-corrected chi connectivity index (χ2v) is 6.42. The van der Waals surface area contributed by atoms with Gasteiger partial charge in [-0.15, -0.1) is 0 Å². The van der Waals surface area contributed by atoms with E-state index in [0.717, 1.165) is 25.7 Å². The molecule has 0 unspecified atom stereocenters. The van der Waals surface area contributed by atoms with Crippen molar-refractivity contribution in [2.45, 2.75) is 103 Å². The smallest absolute Gasteiger partial charge is 0.305 e. The fourth-order valence-corrected chi connectivity index (χ4v) is 2.77. The summed E-state index contributed by atoms with van der Waals surface area (Å²) in [7, 11) is 1.45. The first-order valence-electron chi connectivity index (χ1n) is 9.45. The lowest BCUT2D eigenvalue weighted by Crippen LogP contribution is -1.99. The van der Waals surface area contributed by atoms with Gasteiger partial charge in [0, 0.05) is 12.8 Å². The average Bonchev–Trinajstić information content (AvgIpc) is 2.53. The first kappa shape index (κ1) is 21.9. The van der Waals surface area contributed by atoms with Crippen molar-refractivity contribution in [3.05, 3.63) is 0 Å². The first-order valence-corrected chi connectivity index (χ1v) is 9.45. The van der Waals surface area contributed by atoms with Crippen LogP contribution in [0, 0.1) is 0 Å². The molecule has 0 aliphatic rings. The Bertz CT molecular complexity index is 289. The first-order chi connectivity index (χ1) is 11.2. The minimum atomic E-state index is -0.673. The molecule has 0 aliphatic carbocycles. The van der Waals surface area contributed by atoms with E-state index in [9.17, 15) is 9.59 Å². The fraction of sp³-hybridized carbons (Fsp3) is 0.895. The van der Waals surface area contributed by atoms with Gasteiger partial charge in [-0.1, -0.05) is 77.0 Å². The standard InChI is InChI=1S/C19H36O4/c1-23-19(22)17-15-13-11-9-7-5-3-2-4-6-8-10-12-14-16-18(20)21/h2-17H2,1H3,(H,20,21). The quantitative estimate of drug-likeness (QED) is 0.283. The summed E-state index contributed by atoms with van der Waals surface area (Å²) in [5.74, 6) is -0.764. The Morgan fingerprint density at radius 2 is 0.913 bits per heavy atom. The number of hydrogen-bond donors (Lipinski definition) is 1. The highest BCUT2D eigenvalue weighted by molar-refractivity contribution is 5.68. The van der Waals surface area contributed by atoms with Gasteiger partial charge in [-0.25, -0.2) is 0 Å². The van der Waals surface area contributed by atoms with E-state index in [4.69, 9.17) is 5.11 Å². The predicted molar refractivity (Wildman–Crippen MR) is 93.5 cm³/mol. The molecule has 136 valence electrons. The summed E-state index contributed by atoms with van der Waals surface area (Å²) in [6.45, 7) is 0. The minimum Gasteiger partial charge on any atom is -0.481 e. The third-order valence-corrected chi connectivity index (χ3v) is 4.25. The van der Waals surface area contributed by atoms with Gasteiger partial charge in [-0.05, 0) is 12.8 Å². The minimum absolute atomic E-state index is 0.0908. The van der Waals surface area contributed by atoms with Gasteiger partial charge in [-0.3, -0.25) is 9.59 Å². The van der Waals surface area contributed by atoms with Crippen LogP contribution in [0.3, 0.4) is 0 Å². The highest BCUT2D eigenvalue weighted by Gasteiger charge is 1.99. The lowest BCUT2D eigenvalue weighted by Gasteiger charge is -2.03. The third-order valence-electron chi connectivity index (χ3n) is 4.25. The maximum absolute atomic E-state index is 10.9. The maximum atomic E-state index is 10.9. The Balaban J connectivity index is 3.02. The molecule has 4 nitrogen and oxygen atoms in total. The number of carboxylic acid groups (broad SMARTS) is 1. The molecule has 0 aromatic carbocycles. The molecule has 0 saturated heterocycles. The number of carbonyl (C=O) groups is 2. The van der Waals surface area contributed by atoms with Crippen LogP contribution in [0.5, 0.6) is 0 Å². The van der Waals surface area contributed by atoms with Crippen molar-refractivity contribution >= 4 is 11.9 Å². The van der Waals surface area contributed by atoms with Gasteiger partial charge in [0.1, 0.15) is 0 Å². The van der Waals surface area contributed by atoms with E-state index in [1.54, 1.807) is 0 Å². The molecule has 0 radical (unpaired) electrons. The summed E-state index contributed by atoms with van der Waals surface area (Å²) in [4.78, 5) is 21.3. The molecule has 0 aliphatic heterocycles. The molecule has 0 heterocycles. The summed E-state index contributed by atoms with van der Waals surface area (Å²) in [6, 6.07) is 0. The summed E-state index contributed by atoms with van der Waals surface area (Å²) in [6.07, 6.45) is 17.7. The molecule has 1 N–H and O–H groups in total. The van der Waals surface area contributed by atoms with Crippen molar-refractivity contribution in [2.24, 2.45) is 0 Å². The zero-order valence-electron chi connectivity index (χ0n) is 15.0. The maximum Gasteiger partial charge on any atom is 0.305 e. The molecule has 0 amide bonds. The van der Waals surface area contributed by atoms with E-state index in [1.165, 1.54) is 71.3 Å². The van der Waals surface area contributed by atoms with Crippen molar-refractivity contribution in [1.29, 1.82) is 0 Å². The van der Waals surface area contributed by atoms with Gasteiger partial charge in [0.25, 0.3) is 0 Å². The number of carboxylic acids is 1. The Morgan fingerprint density at radius 1 is 0.609 bits per heavy atom. The van der Waals surface area contributed by atoms with Crippen LogP contribution in [0.2, 0.25) is 0 Å². The highest BCUT2D eigenvalue weighted by atomic mass is 16.5. The number of rotatable bonds is 17. The van der Waals surface area contributed by atoms with Crippen molar-refractivity contribution in [1.82, 2.24) is 0 Å². The van der Waals surface area contributed by atoms with E-state index < -0.39 is 5.97 Å². The summed E-state index contributed by atoms with van der Waals surface area (Å²) in [5.41, 5.74) is 0. The molecule has 0 aromatic heterocycles. The summed E-state index contributed by atoms with van der Waals surface area (Å²) in [5, 5.41) is 8.53. The zero-order valence-corrected chi connectivity index (χ0v) is 15.0. The predicted octanol–water partition coefficient (Wildman–Crippen LogP) is 5.49. The van der Waals surface area contributed by atoms with Crippen LogP contribution in [0.15, 0.2) is 0 Å². The second kappa shape index (κ2) is 17.3. The van der Waals surface area contributed by atoms with Crippen molar-refractivity contribution in [2.75, 3.05) is 7.11 Å². The molecule has 0 spiro atoms. The Morgan fingerprint density at radius 3 is 1.22 bits per heavy atom. The topological polar surface area (TPSA) is 63.6 Å². The van der Waals surface area contributed by atoms with E-state index in [0.29, 0.717) is 12.8 Å². The molecule has 23 heavy (non-hydrogen) atoms.